The van der Waals surface area contributed by atoms with E-state index < -0.39 is 5.41 Å². The lowest BCUT2D eigenvalue weighted by Crippen LogP contribution is -2.66. The number of hydrogen-bond acceptors (Lipinski definition) is 5. The molecule has 2 bridgehead atoms. The summed E-state index contributed by atoms with van der Waals surface area (Å²) in [4.78, 5) is 26.7. The first-order valence-electron chi connectivity index (χ1n) is 12.8. The van der Waals surface area contributed by atoms with E-state index in [4.69, 9.17) is 9.26 Å². The van der Waals surface area contributed by atoms with Crippen molar-refractivity contribution < 1.29 is 23.3 Å². The molecule has 4 fully saturated rings. The van der Waals surface area contributed by atoms with Gasteiger partial charge in [-0.15, -0.1) is 0 Å². The number of anilines is 1. The van der Waals surface area contributed by atoms with E-state index in [9.17, 15) is 9.59 Å². The number of rotatable bonds is 6. The number of fused-ring (bicyclic) bond motifs is 3. The average molecular weight is 467 g/mol. The fourth-order valence-corrected chi connectivity index (χ4v) is 6.43. The molecule has 4 aliphatic rings. The van der Waals surface area contributed by atoms with Crippen LogP contribution in [0.4, 0.5) is 5.88 Å². The zero-order chi connectivity index (χ0) is 23.6. The average Bonchev–Trinajstić information content (AvgIpc) is 3.09. The van der Waals surface area contributed by atoms with Gasteiger partial charge in [-0.05, 0) is 25.3 Å². The molecule has 2 aromatic rings. The molecular weight excluding hydrogens is 430 g/mol. The Balaban J connectivity index is 1.30. The summed E-state index contributed by atoms with van der Waals surface area (Å²) < 4.78 is 12.2. The van der Waals surface area contributed by atoms with Crippen LogP contribution in [0, 0.1) is 12.8 Å². The van der Waals surface area contributed by atoms with E-state index in [-0.39, 0.29) is 18.0 Å². The molecule has 3 saturated heterocycles. The number of amides is 1. The van der Waals surface area contributed by atoms with Crippen LogP contribution in [-0.2, 0) is 19.7 Å². The molecule has 3 aliphatic heterocycles. The maximum Gasteiger partial charge on any atom is 0.317 e. The van der Waals surface area contributed by atoms with Crippen molar-refractivity contribution in [2.75, 3.05) is 31.5 Å². The SMILES string of the molecule is Cc1cc(NC(=O)C[N+]23CCC(CC2)[C@@H](OC(=O)C2(c4ccccc4)CCCCCC2)C3)on1. The van der Waals surface area contributed by atoms with E-state index in [1.807, 2.05) is 25.1 Å². The number of aromatic nitrogens is 1. The Labute approximate surface area is 201 Å². The number of esters is 1. The van der Waals surface area contributed by atoms with Crippen molar-refractivity contribution in [1.29, 1.82) is 0 Å². The summed E-state index contributed by atoms with van der Waals surface area (Å²) in [6, 6.07) is 12.0. The lowest BCUT2D eigenvalue weighted by atomic mass is 9.74. The fraction of sp³-hybridized carbons (Fsp3) is 0.593. The van der Waals surface area contributed by atoms with Crippen LogP contribution >= 0.6 is 0 Å². The van der Waals surface area contributed by atoms with Gasteiger partial charge >= 0.3 is 5.97 Å². The molecule has 6 rings (SSSR count). The number of nitrogens with one attached hydrogen (secondary N) is 1. The van der Waals surface area contributed by atoms with Gasteiger partial charge in [-0.1, -0.05) is 61.2 Å². The fourth-order valence-electron chi connectivity index (χ4n) is 6.43. The highest BCUT2D eigenvalue weighted by Gasteiger charge is 2.51. The number of ether oxygens (including phenoxy) is 1. The van der Waals surface area contributed by atoms with E-state index in [0.29, 0.717) is 29.4 Å². The molecule has 1 N–H and O–H groups in total. The van der Waals surface area contributed by atoms with Crippen molar-refractivity contribution in [1.82, 2.24) is 5.16 Å². The van der Waals surface area contributed by atoms with E-state index >= 15 is 0 Å². The van der Waals surface area contributed by atoms with Crippen LogP contribution < -0.4 is 5.32 Å². The third-order valence-electron chi connectivity index (χ3n) is 8.34. The third kappa shape index (κ3) is 4.63. The molecule has 7 nitrogen and oxygen atoms in total. The highest BCUT2D eigenvalue weighted by Crippen LogP contribution is 2.42. The number of carbonyl (C=O) groups is 2. The Morgan fingerprint density at radius 2 is 1.82 bits per heavy atom. The van der Waals surface area contributed by atoms with Gasteiger partial charge < -0.3 is 13.7 Å². The summed E-state index contributed by atoms with van der Waals surface area (Å²) in [5, 5.41) is 6.67. The van der Waals surface area contributed by atoms with Gasteiger partial charge in [0.2, 0.25) is 5.88 Å². The summed E-state index contributed by atoms with van der Waals surface area (Å²) >= 11 is 0. The summed E-state index contributed by atoms with van der Waals surface area (Å²) in [5.74, 6) is 0.640. The van der Waals surface area contributed by atoms with Crippen molar-refractivity contribution in [2.24, 2.45) is 5.92 Å². The molecule has 1 atom stereocenters. The zero-order valence-electron chi connectivity index (χ0n) is 20.1. The molecule has 1 saturated carbocycles. The number of piperidine rings is 3. The standard InChI is InChI=1S/C27H35N3O4/c1-20-17-25(34-29-20)28-24(31)19-30-15-11-21(12-16-30)23(18-30)33-26(32)27(13-7-2-3-8-14-27)22-9-5-4-6-10-22/h4-6,9-10,17,21,23H,2-3,7-8,11-16,18-19H2,1H3/p+1/t21?,23-,30?/m0/s1. The molecule has 1 aliphatic carbocycles. The van der Waals surface area contributed by atoms with Crippen molar-refractivity contribution in [3.63, 3.8) is 0 Å². The number of hydrogen-bond donors (Lipinski definition) is 1. The number of benzene rings is 1. The van der Waals surface area contributed by atoms with Gasteiger partial charge in [0.05, 0.1) is 24.2 Å². The minimum Gasteiger partial charge on any atom is -0.455 e. The normalized spacial score (nSPS) is 28.1. The lowest BCUT2D eigenvalue weighted by Gasteiger charge is -2.52. The maximum absolute atomic E-state index is 13.9. The molecular formula is C27H36N3O4+. The summed E-state index contributed by atoms with van der Waals surface area (Å²) in [6.07, 6.45) is 8.02. The smallest absolute Gasteiger partial charge is 0.317 e. The van der Waals surface area contributed by atoms with Crippen LogP contribution in [0.5, 0.6) is 0 Å². The topological polar surface area (TPSA) is 81.4 Å². The molecule has 7 heteroatoms. The molecule has 1 amide bonds. The first-order valence-corrected chi connectivity index (χ1v) is 12.8. The van der Waals surface area contributed by atoms with Crippen molar-refractivity contribution in [2.45, 2.75) is 69.8 Å². The minimum atomic E-state index is -0.545. The number of carbonyl (C=O) groups excluding carboxylic acids is 2. The molecule has 4 heterocycles. The summed E-state index contributed by atoms with van der Waals surface area (Å²) in [7, 11) is 0. The molecule has 0 radical (unpaired) electrons. The van der Waals surface area contributed by atoms with Crippen LogP contribution in [0.2, 0.25) is 0 Å². The Bertz CT molecular complexity index is 1000. The second-order valence-electron chi connectivity index (χ2n) is 10.7. The number of nitrogens with zero attached hydrogens (tertiary/aromatic N) is 2. The van der Waals surface area contributed by atoms with Gasteiger partial charge in [0.25, 0.3) is 5.91 Å². The van der Waals surface area contributed by atoms with E-state index in [1.165, 1.54) is 12.8 Å². The Kier molecular flexibility index (Phi) is 6.47. The van der Waals surface area contributed by atoms with E-state index in [0.717, 1.165) is 62.9 Å². The number of quaternary nitrogens is 1. The Morgan fingerprint density at radius 1 is 1.12 bits per heavy atom. The first-order chi connectivity index (χ1) is 16.5. The largest absolute Gasteiger partial charge is 0.455 e. The van der Waals surface area contributed by atoms with Crippen LogP contribution in [0.3, 0.4) is 0 Å². The number of aryl methyl sites for hydroxylation is 1. The monoisotopic (exact) mass is 466 g/mol. The van der Waals surface area contributed by atoms with Gasteiger partial charge in [0, 0.05) is 24.8 Å². The highest BCUT2D eigenvalue weighted by molar-refractivity contribution is 5.90. The van der Waals surface area contributed by atoms with Crippen molar-refractivity contribution >= 4 is 17.8 Å². The van der Waals surface area contributed by atoms with Crippen LogP contribution in [0.15, 0.2) is 40.9 Å². The predicted molar refractivity (Wildman–Crippen MR) is 128 cm³/mol. The van der Waals surface area contributed by atoms with Crippen LogP contribution in [-0.4, -0.2) is 53.8 Å². The van der Waals surface area contributed by atoms with Crippen LogP contribution in [0.25, 0.3) is 0 Å². The van der Waals surface area contributed by atoms with E-state index in [1.54, 1.807) is 6.07 Å². The van der Waals surface area contributed by atoms with Crippen LogP contribution in [0.1, 0.15) is 62.6 Å². The quantitative estimate of drug-likeness (QED) is 0.389. The second-order valence-corrected chi connectivity index (χ2v) is 10.7. The van der Waals surface area contributed by atoms with Gasteiger partial charge in [0.1, 0.15) is 6.54 Å². The predicted octanol–water partition coefficient (Wildman–Crippen LogP) is 4.37. The molecule has 0 spiro atoms. The molecule has 0 unspecified atom stereocenters. The molecule has 182 valence electrons. The molecule has 34 heavy (non-hydrogen) atoms. The third-order valence-corrected chi connectivity index (χ3v) is 8.34. The second kappa shape index (κ2) is 9.53. The first kappa shape index (κ1) is 23.1. The Hall–Kier alpha value is -2.67. The lowest BCUT2D eigenvalue weighted by molar-refractivity contribution is -0.939. The van der Waals surface area contributed by atoms with Crippen molar-refractivity contribution in [3.8, 4) is 0 Å². The molecule has 1 aromatic heterocycles. The van der Waals surface area contributed by atoms with Crippen molar-refractivity contribution in [3.05, 3.63) is 47.7 Å². The van der Waals surface area contributed by atoms with Gasteiger partial charge in [-0.25, -0.2) is 0 Å². The molecule has 1 aromatic carbocycles. The summed E-state index contributed by atoms with van der Waals surface area (Å²) in [5.41, 5.74) is 1.28. The van der Waals surface area contributed by atoms with E-state index in [2.05, 4.69) is 22.6 Å². The summed E-state index contributed by atoms with van der Waals surface area (Å²) in [6.45, 7) is 4.80. The van der Waals surface area contributed by atoms with Gasteiger partial charge in [-0.2, -0.15) is 0 Å². The zero-order valence-corrected chi connectivity index (χ0v) is 20.1. The van der Waals surface area contributed by atoms with Gasteiger partial charge in [0.15, 0.2) is 12.6 Å². The Morgan fingerprint density at radius 3 is 2.47 bits per heavy atom. The highest BCUT2D eigenvalue weighted by atomic mass is 16.5. The van der Waals surface area contributed by atoms with Gasteiger partial charge in [-0.3, -0.25) is 14.9 Å². The maximum atomic E-state index is 13.9. The minimum absolute atomic E-state index is 0.0564.